The van der Waals surface area contributed by atoms with Crippen LogP contribution < -0.4 is 4.74 Å². The van der Waals surface area contributed by atoms with Crippen LogP contribution in [0.15, 0.2) is 39.6 Å². The van der Waals surface area contributed by atoms with E-state index in [0.29, 0.717) is 4.47 Å². The van der Waals surface area contributed by atoms with Gasteiger partial charge in [0.25, 0.3) is 0 Å². The zero-order valence-electron chi connectivity index (χ0n) is 8.04. The number of ether oxygens (including phenoxy) is 1. The molecule has 2 nitrogen and oxygen atoms in total. The third-order valence-corrected chi connectivity index (χ3v) is 2.39. The Labute approximate surface area is 99.0 Å². The molecule has 0 N–H and O–H groups in total. The number of halogens is 3. The molecule has 2 aromatic rings. The van der Waals surface area contributed by atoms with Gasteiger partial charge in [0.1, 0.15) is 6.61 Å². The van der Waals surface area contributed by atoms with Gasteiger partial charge in [-0.05, 0) is 18.2 Å². The Morgan fingerprint density at radius 2 is 2.12 bits per heavy atom. The molecule has 0 radical (unpaired) electrons. The third-order valence-electron chi connectivity index (χ3n) is 1.93. The minimum absolute atomic E-state index is 0.128. The van der Waals surface area contributed by atoms with Crippen molar-refractivity contribution in [2.45, 2.75) is 6.61 Å². The second-order valence-corrected chi connectivity index (χ2v) is 4.04. The summed E-state index contributed by atoms with van der Waals surface area (Å²) < 4.78 is 36.7. The number of benzene rings is 1. The topological polar surface area (TPSA) is 22.4 Å². The molecule has 0 aliphatic heterocycles. The molecule has 84 valence electrons. The van der Waals surface area contributed by atoms with E-state index in [1.165, 1.54) is 18.6 Å². The van der Waals surface area contributed by atoms with Crippen molar-refractivity contribution >= 4 is 15.9 Å². The lowest BCUT2D eigenvalue weighted by atomic mass is 10.3. The van der Waals surface area contributed by atoms with E-state index in [2.05, 4.69) is 15.9 Å². The molecule has 5 heteroatoms. The normalized spacial score (nSPS) is 10.4. The number of rotatable bonds is 3. The van der Waals surface area contributed by atoms with Crippen LogP contribution in [0.4, 0.5) is 8.78 Å². The van der Waals surface area contributed by atoms with Crippen molar-refractivity contribution in [3.05, 3.63) is 52.4 Å². The van der Waals surface area contributed by atoms with Crippen LogP contribution in [0, 0.1) is 11.6 Å². The Balaban J connectivity index is 2.15. The molecule has 0 saturated carbocycles. The van der Waals surface area contributed by atoms with E-state index in [1.54, 1.807) is 6.07 Å². The second kappa shape index (κ2) is 4.65. The first-order valence-corrected chi connectivity index (χ1v) is 5.24. The highest BCUT2D eigenvalue weighted by atomic mass is 79.9. The zero-order valence-corrected chi connectivity index (χ0v) is 9.63. The van der Waals surface area contributed by atoms with Gasteiger partial charge >= 0.3 is 0 Å². The monoisotopic (exact) mass is 288 g/mol. The lowest BCUT2D eigenvalue weighted by molar-refractivity contribution is 0.283. The van der Waals surface area contributed by atoms with Crippen molar-refractivity contribution in [3.8, 4) is 5.75 Å². The average Bonchev–Trinajstić information content (AvgIpc) is 2.74. The standard InChI is InChI=1S/C11H7BrF2O2/c12-8-3-9(13)11(14)10(4-8)16-6-7-1-2-15-5-7/h1-5H,6H2. The Morgan fingerprint density at radius 3 is 2.81 bits per heavy atom. The molecule has 0 saturated heterocycles. The molecule has 0 atom stereocenters. The largest absolute Gasteiger partial charge is 0.486 e. The third kappa shape index (κ3) is 2.41. The summed E-state index contributed by atoms with van der Waals surface area (Å²) in [6, 6.07) is 4.10. The van der Waals surface area contributed by atoms with Gasteiger partial charge in [0.05, 0.1) is 12.5 Å². The summed E-state index contributed by atoms with van der Waals surface area (Å²) in [5.74, 6) is -2.07. The fourth-order valence-corrected chi connectivity index (χ4v) is 1.58. The Kier molecular flexibility index (Phi) is 3.24. The summed E-state index contributed by atoms with van der Waals surface area (Å²) in [6.07, 6.45) is 2.96. The van der Waals surface area contributed by atoms with E-state index in [1.807, 2.05) is 0 Å². The van der Waals surface area contributed by atoms with Crippen molar-refractivity contribution < 1.29 is 17.9 Å². The first-order valence-electron chi connectivity index (χ1n) is 4.45. The van der Waals surface area contributed by atoms with Crippen LogP contribution >= 0.6 is 15.9 Å². The maximum absolute atomic E-state index is 13.3. The summed E-state index contributed by atoms with van der Waals surface area (Å²) in [5, 5.41) is 0. The van der Waals surface area contributed by atoms with Crippen LogP contribution in [0.5, 0.6) is 5.75 Å². The van der Waals surface area contributed by atoms with E-state index in [4.69, 9.17) is 9.15 Å². The summed E-state index contributed by atoms with van der Waals surface area (Å²) in [7, 11) is 0. The molecule has 0 unspecified atom stereocenters. The van der Waals surface area contributed by atoms with Crippen molar-refractivity contribution in [2.24, 2.45) is 0 Å². The maximum Gasteiger partial charge on any atom is 0.200 e. The minimum Gasteiger partial charge on any atom is -0.486 e. The van der Waals surface area contributed by atoms with E-state index >= 15 is 0 Å². The van der Waals surface area contributed by atoms with Gasteiger partial charge < -0.3 is 9.15 Å². The molecular formula is C11H7BrF2O2. The maximum atomic E-state index is 13.3. The molecule has 0 amide bonds. The van der Waals surface area contributed by atoms with E-state index in [9.17, 15) is 8.78 Å². The van der Waals surface area contributed by atoms with Crippen LogP contribution in [0.1, 0.15) is 5.56 Å². The van der Waals surface area contributed by atoms with Crippen molar-refractivity contribution in [1.82, 2.24) is 0 Å². The summed E-state index contributed by atoms with van der Waals surface area (Å²) >= 11 is 3.06. The van der Waals surface area contributed by atoms with Crippen molar-refractivity contribution in [1.29, 1.82) is 0 Å². The minimum atomic E-state index is -0.994. The van der Waals surface area contributed by atoms with Gasteiger partial charge in [0.15, 0.2) is 11.6 Å². The molecule has 2 rings (SSSR count). The van der Waals surface area contributed by atoms with Gasteiger partial charge in [-0.25, -0.2) is 4.39 Å². The predicted octanol–water partition coefficient (Wildman–Crippen LogP) is 3.90. The molecule has 0 spiro atoms. The average molecular weight is 289 g/mol. The van der Waals surface area contributed by atoms with Crippen LogP contribution in [0.2, 0.25) is 0 Å². The fraction of sp³-hybridized carbons (Fsp3) is 0.0909. The van der Waals surface area contributed by atoms with Crippen molar-refractivity contribution in [3.63, 3.8) is 0 Å². The van der Waals surface area contributed by atoms with Gasteiger partial charge in [-0.2, -0.15) is 4.39 Å². The Bertz CT molecular complexity index is 483. The van der Waals surface area contributed by atoms with Gasteiger partial charge in [0, 0.05) is 10.0 Å². The first kappa shape index (κ1) is 11.1. The van der Waals surface area contributed by atoms with E-state index < -0.39 is 11.6 Å². The molecule has 0 aliphatic carbocycles. The SMILES string of the molecule is Fc1cc(Br)cc(OCc2ccoc2)c1F. The van der Waals surface area contributed by atoms with Gasteiger partial charge in [0.2, 0.25) is 5.82 Å². The quantitative estimate of drug-likeness (QED) is 0.800. The predicted molar refractivity (Wildman–Crippen MR) is 57.1 cm³/mol. The molecule has 16 heavy (non-hydrogen) atoms. The summed E-state index contributed by atoms with van der Waals surface area (Å²) in [6.45, 7) is 0.128. The van der Waals surface area contributed by atoms with Gasteiger partial charge in [-0.1, -0.05) is 15.9 Å². The number of hydrogen-bond donors (Lipinski definition) is 0. The van der Waals surface area contributed by atoms with Crippen LogP contribution in [-0.2, 0) is 6.61 Å². The van der Waals surface area contributed by atoms with Crippen LogP contribution in [-0.4, -0.2) is 0 Å². The molecule has 1 heterocycles. The van der Waals surface area contributed by atoms with E-state index in [0.717, 1.165) is 11.6 Å². The highest BCUT2D eigenvalue weighted by molar-refractivity contribution is 9.10. The molecule has 1 aromatic heterocycles. The van der Waals surface area contributed by atoms with Crippen molar-refractivity contribution in [2.75, 3.05) is 0 Å². The van der Waals surface area contributed by atoms with Crippen LogP contribution in [0.25, 0.3) is 0 Å². The highest BCUT2D eigenvalue weighted by Crippen LogP contribution is 2.26. The Morgan fingerprint density at radius 1 is 1.31 bits per heavy atom. The van der Waals surface area contributed by atoms with E-state index in [-0.39, 0.29) is 12.4 Å². The zero-order chi connectivity index (χ0) is 11.5. The lowest BCUT2D eigenvalue weighted by Gasteiger charge is -2.06. The molecule has 0 bridgehead atoms. The lowest BCUT2D eigenvalue weighted by Crippen LogP contribution is -1.98. The van der Waals surface area contributed by atoms with Gasteiger partial charge in [-0.3, -0.25) is 0 Å². The van der Waals surface area contributed by atoms with Crippen LogP contribution in [0.3, 0.4) is 0 Å². The fourth-order valence-electron chi connectivity index (χ4n) is 1.17. The summed E-state index contributed by atoms with van der Waals surface area (Å²) in [4.78, 5) is 0. The highest BCUT2D eigenvalue weighted by Gasteiger charge is 2.11. The second-order valence-electron chi connectivity index (χ2n) is 3.12. The first-order chi connectivity index (χ1) is 7.66. The number of hydrogen-bond acceptors (Lipinski definition) is 2. The molecule has 0 fully saturated rings. The number of furan rings is 1. The Hall–Kier alpha value is -1.36. The molecule has 0 aliphatic rings. The summed E-state index contributed by atoms with van der Waals surface area (Å²) in [5.41, 5.74) is 0.750. The molecular weight excluding hydrogens is 282 g/mol. The smallest absolute Gasteiger partial charge is 0.200 e. The van der Waals surface area contributed by atoms with Gasteiger partial charge in [-0.15, -0.1) is 0 Å². The molecule has 1 aromatic carbocycles.